The molecule has 0 aromatic heterocycles. The summed E-state index contributed by atoms with van der Waals surface area (Å²) in [5.41, 5.74) is 5.85. The molecule has 106 valence electrons. The molecule has 1 fully saturated rings. The van der Waals surface area contributed by atoms with Crippen LogP contribution in [0, 0.1) is 5.41 Å². The molecule has 0 atom stereocenters. The topological polar surface area (TPSA) is 47.7 Å². The van der Waals surface area contributed by atoms with E-state index >= 15 is 0 Å². The summed E-state index contributed by atoms with van der Waals surface area (Å²) in [7, 11) is 1.71. The third-order valence-corrected chi connectivity index (χ3v) is 4.24. The first kappa shape index (κ1) is 15.8. The van der Waals surface area contributed by atoms with Crippen molar-refractivity contribution in [3.05, 3.63) is 0 Å². The lowest BCUT2D eigenvalue weighted by atomic mass is 9.80. The lowest BCUT2D eigenvalue weighted by Gasteiger charge is -2.38. The number of hydrogen-bond acceptors (Lipinski definition) is 4. The van der Waals surface area contributed by atoms with Gasteiger partial charge in [-0.1, -0.05) is 19.1 Å². The minimum Gasteiger partial charge on any atom is -0.393 e. The fourth-order valence-corrected chi connectivity index (χ4v) is 2.32. The number of nitrogens with zero attached hydrogens (tertiary/aromatic N) is 1. The van der Waals surface area contributed by atoms with Gasteiger partial charge in [0.25, 0.3) is 0 Å². The zero-order valence-electron chi connectivity index (χ0n) is 11.6. The number of thiocarbonyl (C=S) groups is 1. The van der Waals surface area contributed by atoms with Gasteiger partial charge in [-0.25, -0.2) is 0 Å². The summed E-state index contributed by atoms with van der Waals surface area (Å²) in [5.74, 6) is 0. The third kappa shape index (κ3) is 5.18. The van der Waals surface area contributed by atoms with Crippen LogP contribution >= 0.6 is 12.2 Å². The van der Waals surface area contributed by atoms with E-state index in [0.717, 1.165) is 58.7 Å². The largest absolute Gasteiger partial charge is 0.393 e. The summed E-state index contributed by atoms with van der Waals surface area (Å²) in [6, 6.07) is 0. The smallest absolute Gasteiger partial charge is 0.0788 e. The third-order valence-electron chi connectivity index (χ3n) is 3.74. The molecular weight excluding hydrogens is 248 g/mol. The van der Waals surface area contributed by atoms with Gasteiger partial charge in [0.15, 0.2) is 0 Å². The van der Waals surface area contributed by atoms with Crippen LogP contribution in [0.4, 0.5) is 0 Å². The van der Waals surface area contributed by atoms with E-state index in [4.69, 9.17) is 27.4 Å². The lowest BCUT2D eigenvalue weighted by molar-refractivity contribution is 0.0705. The molecular formula is C13H26N2O2S. The summed E-state index contributed by atoms with van der Waals surface area (Å²) < 4.78 is 10.5. The molecule has 1 heterocycles. The van der Waals surface area contributed by atoms with Crippen molar-refractivity contribution in [2.24, 2.45) is 11.1 Å². The van der Waals surface area contributed by atoms with E-state index in [1.54, 1.807) is 7.11 Å². The van der Waals surface area contributed by atoms with Crippen LogP contribution < -0.4 is 5.73 Å². The van der Waals surface area contributed by atoms with Crippen LogP contribution in [0.25, 0.3) is 0 Å². The molecule has 0 unspecified atom stereocenters. The molecule has 0 bridgehead atoms. The molecule has 2 N–H and O–H groups in total. The van der Waals surface area contributed by atoms with Gasteiger partial charge in [-0.2, -0.15) is 0 Å². The molecule has 0 saturated carbocycles. The fourth-order valence-electron chi connectivity index (χ4n) is 2.12. The monoisotopic (exact) mass is 274 g/mol. The first-order valence-corrected chi connectivity index (χ1v) is 7.08. The fraction of sp³-hybridized carbons (Fsp3) is 0.923. The van der Waals surface area contributed by atoms with Gasteiger partial charge in [0.05, 0.1) is 11.6 Å². The first-order valence-electron chi connectivity index (χ1n) is 6.67. The van der Waals surface area contributed by atoms with Gasteiger partial charge in [0, 0.05) is 32.3 Å². The zero-order chi connectivity index (χ0) is 13.4. The standard InChI is InChI=1S/C13H26N2O2S/c1-13(12(14)18)4-6-15(7-5-13)8-11-17-10-3-9-16-2/h3-11H2,1-2H3,(H2,14,18). The van der Waals surface area contributed by atoms with Crippen LogP contribution in [0.5, 0.6) is 0 Å². The van der Waals surface area contributed by atoms with Gasteiger partial charge in [0.2, 0.25) is 0 Å². The number of rotatable bonds is 8. The second-order valence-electron chi connectivity index (χ2n) is 5.23. The zero-order valence-corrected chi connectivity index (χ0v) is 12.4. The maximum Gasteiger partial charge on any atom is 0.0788 e. The number of ether oxygens (including phenoxy) is 2. The highest BCUT2D eigenvalue weighted by Gasteiger charge is 2.32. The molecule has 1 rings (SSSR count). The van der Waals surface area contributed by atoms with Gasteiger partial charge in [-0.3, -0.25) is 0 Å². The Morgan fingerprint density at radius 3 is 2.50 bits per heavy atom. The Kier molecular flexibility index (Phi) is 7.07. The average Bonchev–Trinajstić information content (AvgIpc) is 2.36. The van der Waals surface area contributed by atoms with Crippen LogP contribution in [-0.4, -0.2) is 56.5 Å². The molecule has 0 radical (unpaired) electrons. The number of hydrogen-bond donors (Lipinski definition) is 1. The highest BCUT2D eigenvalue weighted by atomic mass is 32.1. The maximum absolute atomic E-state index is 5.79. The summed E-state index contributed by atoms with van der Waals surface area (Å²) >= 11 is 5.14. The summed E-state index contributed by atoms with van der Waals surface area (Å²) in [5, 5.41) is 0. The first-order chi connectivity index (χ1) is 8.58. The Bertz CT molecular complexity index is 253. The van der Waals surface area contributed by atoms with Crippen LogP contribution in [0.15, 0.2) is 0 Å². The Labute approximate surface area is 116 Å². The molecule has 0 aliphatic carbocycles. The SMILES string of the molecule is COCCCOCCN1CCC(C)(C(N)=S)CC1. The van der Waals surface area contributed by atoms with Crippen LogP contribution in [0.1, 0.15) is 26.2 Å². The quantitative estimate of drug-likeness (QED) is 0.536. The molecule has 0 amide bonds. The van der Waals surface area contributed by atoms with E-state index in [9.17, 15) is 0 Å². The minimum atomic E-state index is 0.0607. The molecule has 0 spiro atoms. The summed E-state index contributed by atoms with van der Waals surface area (Å²) in [6.45, 7) is 7.66. The highest BCUT2D eigenvalue weighted by Crippen LogP contribution is 2.30. The second-order valence-corrected chi connectivity index (χ2v) is 5.67. The maximum atomic E-state index is 5.79. The molecule has 0 aromatic rings. The number of nitrogens with two attached hydrogens (primary N) is 1. The van der Waals surface area contributed by atoms with Crippen molar-refractivity contribution in [1.29, 1.82) is 0 Å². The van der Waals surface area contributed by atoms with Crippen LogP contribution in [0.3, 0.4) is 0 Å². The van der Waals surface area contributed by atoms with Crippen molar-refractivity contribution < 1.29 is 9.47 Å². The Morgan fingerprint density at radius 1 is 1.28 bits per heavy atom. The van der Waals surface area contributed by atoms with E-state index < -0.39 is 0 Å². The predicted molar refractivity (Wildman–Crippen MR) is 77.9 cm³/mol. The Hall–Kier alpha value is -0.230. The number of methoxy groups -OCH3 is 1. The average molecular weight is 274 g/mol. The van der Waals surface area contributed by atoms with E-state index in [1.807, 2.05) is 0 Å². The van der Waals surface area contributed by atoms with Gasteiger partial charge in [-0.15, -0.1) is 0 Å². The summed E-state index contributed by atoms with van der Waals surface area (Å²) in [6.07, 6.45) is 3.09. The molecule has 1 aliphatic heterocycles. The predicted octanol–water partition coefficient (Wildman–Crippen LogP) is 1.43. The second kappa shape index (κ2) is 8.04. The van der Waals surface area contributed by atoms with Gasteiger partial charge in [0.1, 0.15) is 0 Å². The highest BCUT2D eigenvalue weighted by molar-refractivity contribution is 7.80. The van der Waals surface area contributed by atoms with Gasteiger partial charge < -0.3 is 20.1 Å². The van der Waals surface area contributed by atoms with Crippen molar-refractivity contribution in [2.45, 2.75) is 26.2 Å². The molecule has 5 heteroatoms. The number of likely N-dealkylation sites (tertiary alicyclic amines) is 1. The normalized spacial score (nSPS) is 19.9. The molecule has 1 saturated heterocycles. The summed E-state index contributed by atoms with van der Waals surface area (Å²) in [4.78, 5) is 3.09. The van der Waals surface area contributed by atoms with Crippen LogP contribution in [0.2, 0.25) is 0 Å². The van der Waals surface area contributed by atoms with Crippen molar-refractivity contribution in [3.8, 4) is 0 Å². The van der Waals surface area contributed by atoms with Crippen molar-refractivity contribution in [1.82, 2.24) is 4.90 Å². The van der Waals surface area contributed by atoms with E-state index in [0.29, 0.717) is 4.99 Å². The number of piperidine rings is 1. The minimum absolute atomic E-state index is 0.0607. The Morgan fingerprint density at radius 2 is 1.94 bits per heavy atom. The molecule has 18 heavy (non-hydrogen) atoms. The van der Waals surface area contributed by atoms with Gasteiger partial charge in [-0.05, 0) is 32.4 Å². The van der Waals surface area contributed by atoms with E-state index in [-0.39, 0.29) is 5.41 Å². The van der Waals surface area contributed by atoms with E-state index in [2.05, 4.69) is 11.8 Å². The molecule has 0 aromatic carbocycles. The van der Waals surface area contributed by atoms with E-state index in [1.165, 1.54) is 0 Å². The molecule has 1 aliphatic rings. The lowest BCUT2D eigenvalue weighted by Crippen LogP contribution is -2.45. The van der Waals surface area contributed by atoms with Crippen molar-refractivity contribution in [2.75, 3.05) is 46.6 Å². The van der Waals surface area contributed by atoms with Gasteiger partial charge >= 0.3 is 0 Å². The van der Waals surface area contributed by atoms with Crippen molar-refractivity contribution >= 4 is 17.2 Å². The Balaban J connectivity index is 2.07. The van der Waals surface area contributed by atoms with Crippen molar-refractivity contribution in [3.63, 3.8) is 0 Å². The van der Waals surface area contributed by atoms with Crippen LogP contribution in [-0.2, 0) is 9.47 Å². The molecule has 4 nitrogen and oxygen atoms in total.